The van der Waals surface area contributed by atoms with Crippen LogP contribution in [0.4, 0.5) is 5.13 Å². The summed E-state index contributed by atoms with van der Waals surface area (Å²) in [5.41, 5.74) is 6.92. The predicted molar refractivity (Wildman–Crippen MR) is 74.5 cm³/mol. The van der Waals surface area contributed by atoms with Crippen molar-refractivity contribution in [1.82, 2.24) is 4.98 Å². The molecule has 5 nitrogen and oxygen atoms in total. The van der Waals surface area contributed by atoms with E-state index in [0.717, 1.165) is 16.9 Å². The molecule has 1 aromatic carbocycles. The quantitative estimate of drug-likeness (QED) is 0.870. The number of carbonyl (C=O) groups is 1. The number of hydrogen-bond acceptors (Lipinski definition) is 6. The molecule has 0 amide bonds. The van der Waals surface area contributed by atoms with Gasteiger partial charge in [-0.05, 0) is 19.1 Å². The normalized spacial score (nSPS) is 10.2. The van der Waals surface area contributed by atoms with Crippen molar-refractivity contribution in [3.05, 3.63) is 29.1 Å². The molecule has 2 aromatic rings. The van der Waals surface area contributed by atoms with E-state index in [2.05, 4.69) is 4.98 Å². The monoisotopic (exact) mass is 278 g/mol. The van der Waals surface area contributed by atoms with E-state index in [1.807, 2.05) is 18.2 Å². The Morgan fingerprint density at radius 3 is 2.84 bits per heavy atom. The molecule has 0 saturated carbocycles. The molecule has 2 rings (SSSR count). The summed E-state index contributed by atoms with van der Waals surface area (Å²) in [7, 11) is 1.57. The molecule has 6 heteroatoms. The zero-order valence-corrected chi connectivity index (χ0v) is 11.5. The molecule has 0 spiro atoms. The molecule has 1 aromatic heterocycles. The van der Waals surface area contributed by atoms with Crippen LogP contribution < -0.4 is 10.5 Å². The maximum absolute atomic E-state index is 11.9. The van der Waals surface area contributed by atoms with Gasteiger partial charge in [-0.3, -0.25) is 0 Å². The van der Waals surface area contributed by atoms with E-state index in [1.165, 1.54) is 0 Å². The van der Waals surface area contributed by atoms with E-state index < -0.39 is 5.97 Å². The van der Waals surface area contributed by atoms with Gasteiger partial charge < -0.3 is 15.2 Å². The van der Waals surface area contributed by atoms with Gasteiger partial charge in [0, 0.05) is 5.56 Å². The lowest BCUT2D eigenvalue weighted by atomic mass is 10.1. The SMILES string of the molecule is CCOC(=O)c1sc(N)nc1-c1ccccc1OC. The van der Waals surface area contributed by atoms with Crippen molar-refractivity contribution in [2.45, 2.75) is 6.92 Å². The highest BCUT2D eigenvalue weighted by Crippen LogP contribution is 2.35. The Morgan fingerprint density at radius 2 is 2.16 bits per heavy atom. The third-order valence-electron chi connectivity index (χ3n) is 2.47. The highest BCUT2D eigenvalue weighted by molar-refractivity contribution is 7.17. The number of benzene rings is 1. The number of thiazole rings is 1. The van der Waals surface area contributed by atoms with Crippen LogP contribution in [0.25, 0.3) is 11.3 Å². The molecule has 19 heavy (non-hydrogen) atoms. The lowest BCUT2D eigenvalue weighted by Gasteiger charge is -2.07. The van der Waals surface area contributed by atoms with Crippen molar-refractivity contribution in [2.24, 2.45) is 0 Å². The first kappa shape index (κ1) is 13.4. The van der Waals surface area contributed by atoms with Crippen molar-refractivity contribution in [2.75, 3.05) is 19.5 Å². The summed E-state index contributed by atoms with van der Waals surface area (Å²) in [6.07, 6.45) is 0. The third kappa shape index (κ3) is 2.68. The van der Waals surface area contributed by atoms with Gasteiger partial charge in [0.05, 0.1) is 13.7 Å². The fraction of sp³-hybridized carbons (Fsp3) is 0.231. The number of aromatic nitrogens is 1. The van der Waals surface area contributed by atoms with E-state index in [1.54, 1.807) is 20.1 Å². The molecule has 0 fully saturated rings. The molecule has 0 saturated heterocycles. The summed E-state index contributed by atoms with van der Waals surface area (Å²) < 4.78 is 10.3. The molecular formula is C13H14N2O3S. The molecule has 0 unspecified atom stereocenters. The minimum absolute atomic E-state index is 0.308. The van der Waals surface area contributed by atoms with Crippen LogP contribution in [0.5, 0.6) is 5.75 Å². The summed E-state index contributed by atoms with van der Waals surface area (Å²) in [6.45, 7) is 2.06. The van der Waals surface area contributed by atoms with Crippen LogP contribution in [0.1, 0.15) is 16.6 Å². The summed E-state index contributed by atoms with van der Waals surface area (Å²) in [5, 5.41) is 0.323. The largest absolute Gasteiger partial charge is 0.496 e. The van der Waals surface area contributed by atoms with Gasteiger partial charge in [-0.1, -0.05) is 23.5 Å². The van der Waals surface area contributed by atoms with Crippen LogP contribution in [-0.4, -0.2) is 24.7 Å². The number of nitrogens with zero attached hydrogens (tertiary/aromatic N) is 1. The van der Waals surface area contributed by atoms with E-state index in [0.29, 0.717) is 28.1 Å². The fourth-order valence-corrected chi connectivity index (χ4v) is 2.44. The number of ether oxygens (including phenoxy) is 2. The first-order chi connectivity index (χ1) is 9.17. The molecule has 0 bridgehead atoms. The van der Waals surface area contributed by atoms with Crippen molar-refractivity contribution in [3.63, 3.8) is 0 Å². The Bertz CT molecular complexity index is 595. The Balaban J connectivity index is 2.53. The van der Waals surface area contributed by atoms with Crippen LogP contribution in [0.2, 0.25) is 0 Å². The second kappa shape index (κ2) is 5.71. The van der Waals surface area contributed by atoms with Crippen LogP contribution in [-0.2, 0) is 4.74 Å². The number of nitrogen functional groups attached to an aromatic ring is 1. The van der Waals surface area contributed by atoms with Crippen LogP contribution in [0.3, 0.4) is 0 Å². The van der Waals surface area contributed by atoms with Gasteiger partial charge in [0.1, 0.15) is 16.3 Å². The topological polar surface area (TPSA) is 74.4 Å². The number of hydrogen-bond donors (Lipinski definition) is 1. The second-order valence-electron chi connectivity index (χ2n) is 3.65. The van der Waals surface area contributed by atoms with Gasteiger partial charge in [-0.25, -0.2) is 9.78 Å². The van der Waals surface area contributed by atoms with Crippen molar-refractivity contribution in [3.8, 4) is 17.0 Å². The molecule has 100 valence electrons. The van der Waals surface area contributed by atoms with Crippen LogP contribution in [0, 0.1) is 0 Å². The Hall–Kier alpha value is -2.08. The minimum atomic E-state index is -0.419. The zero-order chi connectivity index (χ0) is 13.8. The number of methoxy groups -OCH3 is 1. The molecule has 0 atom stereocenters. The van der Waals surface area contributed by atoms with Gasteiger partial charge >= 0.3 is 5.97 Å². The predicted octanol–water partition coefficient (Wildman–Crippen LogP) is 2.58. The summed E-state index contributed by atoms with van der Waals surface area (Å²) in [6, 6.07) is 7.33. The van der Waals surface area contributed by atoms with E-state index in [4.69, 9.17) is 15.2 Å². The maximum atomic E-state index is 11.9. The average molecular weight is 278 g/mol. The average Bonchev–Trinajstić information content (AvgIpc) is 2.81. The lowest BCUT2D eigenvalue weighted by Crippen LogP contribution is -2.04. The Labute approximate surface area is 115 Å². The summed E-state index contributed by atoms with van der Waals surface area (Å²) in [5.74, 6) is 0.218. The molecule has 0 aliphatic rings. The number of rotatable bonds is 4. The maximum Gasteiger partial charge on any atom is 0.350 e. The van der Waals surface area contributed by atoms with E-state index >= 15 is 0 Å². The first-order valence-electron chi connectivity index (χ1n) is 5.74. The molecular weight excluding hydrogens is 264 g/mol. The molecule has 0 aliphatic heterocycles. The standard InChI is InChI=1S/C13H14N2O3S/c1-3-18-12(16)11-10(15-13(14)19-11)8-6-4-5-7-9(8)17-2/h4-7H,3H2,1-2H3,(H2,14,15). The summed E-state index contributed by atoms with van der Waals surface area (Å²) >= 11 is 1.11. The highest BCUT2D eigenvalue weighted by Gasteiger charge is 2.21. The lowest BCUT2D eigenvalue weighted by molar-refractivity contribution is 0.0532. The van der Waals surface area contributed by atoms with Crippen molar-refractivity contribution < 1.29 is 14.3 Å². The van der Waals surface area contributed by atoms with Gasteiger partial charge in [0.15, 0.2) is 5.13 Å². The molecule has 1 heterocycles. The number of esters is 1. The van der Waals surface area contributed by atoms with Gasteiger partial charge in [0.25, 0.3) is 0 Å². The number of nitrogens with two attached hydrogens (primary N) is 1. The fourth-order valence-electron chi connectivity index (χ4n) is 1.69. The van der Waals surface area contributed by atoms with E-state index in [-0.39, 0.29) is 0 Å². The van der Waals surface area contributed by atoms with Gasteiger partial charge in [0.2, 0.25) is 0 Å². The Kier molecular flexibility index (Phi) is 4.01. The van der Waals surface area contributed by atoms with Crippen molar-refractivity contribution >= 4 is 22.4 Å². The summed E-state index contributed by atoms with van der Waals surface area (Å²) in [4.78, 5) is 16.5. The number of carbonyl (C=O) groups excluding carboxylic acids is 1. The third-order valence-corrected chi connectivity index (χ3v) is 3.33. The smallest absolute Gasteiger partial charge is 0.350 e. The highest BCUT2D eigenvalue weighted by atomic mass is 32.1. The molecule has 0 aliphatic carbocycles. The molecule has 2 N–H and O–H groups in total. The van der Waals surface area contributed by atoms with Gasteiger partial charge in [-0.15, -0.1) is 0 Å². The van der Waals surface area contributed by atoms with Crippen molar-refractivity contribution in [1.29, 1.82) is 0 Å². The number of para-hydroxylation sites is 1. The van der Waals surface area contributed by atoms with E-state index in [9.17, 15) is 4.79 Å². The minimum Gasteiger partial charge on any atom is -0.496 e. The molecule has 0 radical (unpaired) electrons. The number of anilines is 1. The van der Waals surface area contributed by atoms with Crippen LogP contribution >= 0.6 is 11.3 Å². The zero-order valence-electron chi connectivity index (χ0n) is 10.7. The van der Waals surface area contributed by atoms with Crippen LogP contribution in [0.15, 0.2) is 24.3 Å². The van der Waals surface area contributed by atoms with Gasteiger partial charge in [-0.2, -0.15) is 0 Å². The first-order valence-corrected chi connectivity index (χ1v) is 6.55. The second-order valence-corrected chi connectivity index (χ2v) is 4.68. The Morgan fingerprint density at radius 1 is 1.42 bits per heavy atom.